The minimum Gasteiger partial charge on any atom is -0.329 e. The number of nitrogens with one attached hydrogen (secondary N) is 2. The molecule has 6 heteroatoms. The number of carbonyl (C=O) groups excluding carboxylic acids is 2. The summed E-state index contributed by atoms with van der Waals surface area (Å²) < 4.78 is 0. The van der Waals surface area contributed by atoms with Crippen LogP contribution in [0.4, 0.5) is 5.69 Å². The van der Waals surface area contributed by atoms with Gasteiger partial charge in [-0.3, -0.25) is 14.7 Å². The first kappa shape index (κ1) is 15.8. The van der Waals surface area contributed by atoms with Crippen LogP contribution in [0.15, 0.2) is 66.9 Å². The molecule has 2 atom stereocenters. The maximum Gasteiger partial charge on any atom is 0.272 e. The van der Waals surface area contributed by atoms with Crippen LogP contribution in [-0.4, -0.2) is 33.5 Å². The summed E-state index contributed by atoms with van der Waals surface area (Å²) in [5, 5.41) is 9.68. The highest BCUT2D eigenvalue weighted by molar-refractivity contribution is 6.08. The highest BCUT2D eigenvalue weighted by Gasteiger charge is 2.59. The molecule has 1 aromatic heterocycles. The molecule has 3 heterocycles. The zero-order valence-corrected chi connectivity index (χ0v) is 14.6. The average Bonchev–Trinajstić information content (AvgIpc) is 3.42. The second-order valence-corrected chi connectivity index (χ2v) is 7.00. The normalized spacial score (nSPS) is 23.5. The van der Waals surface area contributed by atoms with Gasteiger partial charge in [-0.1, -0.05) is 48.5 Å². The molecule has 3 aromatic rings. The highest BCUT2D eigenvalue weighted by atomic mass is 16.2. The van der Waals surface area contributed by atoms with E-state index in [0.29, 0.717) is 18.7 Å². The summed E-state index contributed by atoms with van der Waals surface area (Å²) >= 11 is 0. The van der Waals surface area contributed by atoms with Crippen LogP contribution in [0.3, 0.4) is 0 Å². The van der Waals surface area contributed by atoms with Crippen molar-refractivity contribution in [1.82, 2.24) is 15.1 Å². The maximum absolute atomic E-state index is 13.2. The Morgan fingerprint density at radius 3 is 2.63 bits per heavy atom. The van der Waals surface area contributed by atoms with E-state index in [-0.39, 0.29) is 17.9 Å². The first-order chi connectivity index (χ1) is 13.2. The number of nitrogens with zero attached hydrogens (tertiary/aromatic N) is 2. The van der Waals surface area contributed by atoms with Crippen molar-refractivity contribution >= 4 is 17.5 Å². The number of H-pyrrole nitrogens is 1. The Hall–Kier alpha value is -3.41. The lowest BCUT2D eigenvalue weighted by molar-refractivity contribution is -0.121. The van der Waals surface area contributed by atoms with Gasteiger partial charge in [-0.15, -0.1) is 0 Å². The number of hydrogen-bond acceptors (Lipinski definition) is 3. The van der Waals surface area contributed by atoms with E-state index in [0.717, 1.165) is 16.8 Å². The fraction of sp³-hybridized carbons (Fsp3) is 0.190. The van der Waals surface area contributed by atoms with Gasteiger partial charge in [-0.05, 0) is 29.7 Å². The van der Waals surface area contributed by atoms with Gasteiger partial charge < -0.3 is 10.2 Å². The average molecular weight is 358 g/mol. The first-order valence-electron chi connectivity index (χ1n) is 8.98. The Labute approximate surface area is 156 Å². The van der Waals surface area contributed by atoms with Gasteiger partial charge in [0, 0.05) is 18.4 Å². The molecule has 2 amide bonds. The predicted molar refractivity (Wildman–Crippen MR) is 100 cm³/mol. The molecular weight excluding hydrogens is 340 g/mol. The van der Waals surface area contributed by atoms with Crippen LogP contribution in [0, 0.1) is 0 Å². The molecule has 2 aliphatic rings. The Morgan fingerprint density at radius 2 is 1.85 bits per heavy atom. The second kappa shape index (κ2) is 5.81. The van der Waals surface area contributed by atoms with Gasteiger partial charge in [0.1, 0.15) is 11.1 Å². The Kier molecular flexibility index (Phi) is 3.40. The molecule has 2 N–H and O–H groups in total. The van der Waals surface area contributed by atoms with Gasteiger partial charge in [-0.2, -0.15) is 5.10 Å². The third-order valence-electron chi connectivity index (χ3n) is 5.69. The van der Waals surface area contributed by atoms with Gasteiger partial charge in [0.05, 0.1) is 6.04 Å². The number of aromatic nitrogens is 2. The Bertz CT molecular complexity index is 1020. The molecule has 1 spiro atoms. The topological polar surface area (TPSA) is 78.1 Å². The lowest BCUT2D eigenvalue weighted by atomic mass is 9.72. The van der Waals surface area contributed by atoms with Crippen molar-refractivity contribution < 1.29 is 9.59 Å². The number of hydrogen-bond donors (Lipinski definition) is 2. The van der Waals surface area contributed by atoms with Crippen LogP contribution in [0.25, 0.3) is 0 Å². The van der Waals surface area contributed by atoms with Crippen LogP contribution in [0.2, 0.25) is 0 Å². The molecular formula is C21H18N4O2. The molecule has 5 rings (SSSR count). The molecule has 2 unspecified atom stereocenters. The molecule has 0 saturated carbocycles. The van der Waals surface area contributed by atoms with Gasteiger partial charge in [0.2, 0.25) is 5.91 Å². The monoisotopic (exact) mass is 358 g/mol. The molecule has 0 radical (unpaired) electrons. The van der Waals surface area contributed by atoms with Crippen molar-refractivity contribution in [2.45, 2.75) is 17.9 Å². The van der Waals surface area contributed by atoms with Crippen LogP contribution < -0.4 is 5.32 Å². The molecule has 134 valence electrons. The summed E-state index contributed by atoms with van der Waals surface area (Å²) in [7, 11) is 0. The van der Waals surface area contributed by atoms with E-state index in [4.69, 9.17) is 0 Å². The van der Waals surface area contributed by atoms with Gasteiger partial charge in [0.25, 0.3) is 5.91 Å². The van der Waals surface area contributed by atoms with Crippen molar-refractivity contribution in [2.75, 3.05) is 11.9 Å². The molecule has 0 bridgehead atoms. The van der Waals surface area contributed by atoms with E-state index in [1.807, 2.05) is 54.6 Å². The number of likely N-dealkylation sites (tertiary alicyclic amines) is 1. The third kappa shape index (κ3) is 2.16. The second-order valence-electron chi connectivity index (χ2n) is 7.00. The lowest BCUT2D eigenvalue weighted by Crippen LogP contribution is -2.42. The SMILES string of the molecule is O=C(c1ccn[nH]1)N1CCC2(C(=O)Nc3ccccc32)C1c1ccccc1. The van der Waals surface area contributed by atoms with Crippen LogP contribution in [0.5, 0.6) is 0 Å². The number of amides is 2. The Morgan fingerprint density at radius 1 is 1.07 bits per heavy atom. The molecule has 0 aliphatic carbocycles. The number of benzene rings is 2. The van der Waals surface area contributed by atoms with Crippen LogP contribution in [-0.2, 0) is 10.2 Å². The van der Waals surface area contributed by atoms with E-state index in [9.17, 15) is 9.59 Å². The van der Waals surface area contributed by atoms with E-state index in [2.05, 4.69) is 15.5 Å². The van der Waals surface area contributed by atoms with Crippen molar-refractivity contribution in [3.05, 3.63) is 83.7 Å². The van der Waals surface area contributed by atoms with Crippen LogP contribution >= 0.6 is 0 Å². The predicted octanol–water partition coefficient (Wildman–Crippen LogP) is 2.89. The summed E-state index contributed by atoms with van der Waals surface area (Å²) in [6.07, 6.45) is 2.14. The van der Waals surface area contributed by atoms with E-state index in [1.54, 1.807) is 17.2 Å². The molecule has 27 heavy (non-hydrogen) atoms. The number of para-hydroxylation sites is 1. The molecule has 6 nitrogen and oxygen atoms in total. The van der Waals surface area contributed by atoms with Gasteiger partial charge >= 0.3 is 0 Å². The molecule has 1 fully saturated rings. The third-order valence-corrected chi connectivity index (χ3v) is 5.69. The number of fused-ring (bicyclic) bond motifs is 2. The van der Waals surface area contributed by atoms with Gasteiger partial charge in [-0.25, -0.2) is 0 Å². The zero-order chi connectivity index (χ0) is 18.4. The first-order valence-corrected chi connectivity index (χ1v) is 8.98. The van der Waals surface area contributed by atoms with Crippen molar-refractivity contribution in [1.29, 1.82) is 0 Å². The van der Waals surface area contributed by atoms with E-state index < -0.39 is 5.41 Å². The van der Waals surface area contributed by atoms with Crippen molar-refractivity contribution in [3.8, 4) is 0 Å². The standard InChI is InChI=1S/C21H18N4O2/c26-19(17-10-12-22-24-17)25-13-11-21(18(25)14-6-2-1-3-7-14)15-8-4-5-9-16(15)23-20(21)27/h1-10,12,18H,11,13H2,(H,22,24)(H,23,27). The Balaban J connectivity index is 1.69. The maximum atomic E-state index is 13.2. The lowest BCUT2D eigenvalue weighted by Gasteiger charge is -2.34. The quantitative estimate of drug-likeness (QED) is 0.739. The van der Waals surface area contributed by atoms with E-state index in [1.165, 1.54) is 0 Å². The largest absolute Gasteiger partial charge is 0.329 e. The van der Waals surface area contributed by atoms with Gasteiger partial charge in [0.15, 0.2) is 0 Å². The molecule has 2 aliphatic heterocycles. The van der Waals surface area contributed by atoms with Crippen molar-refractivity contribution in [2.24, 2.45) is 0 Å². The summed E-state index contributed by atoms with van der Waals surface area (Å²) in [6.45, 7) is 0.499. The fourth-order valence-electron chi connectivity index (χ4n) is 4.53. The summed E-state index contributed by atoms with van der Waals surface area (Å²) in [5.41, 5.74) is 2.39. The summed E-state index contributed by atoms with van der Waals surface area (Å²) in [4.78, 5) is 28.2. The van der Waals surface area contributed by atoms with Crippen molar-refractivity contribution in [3.63, 3.8) is 0 Å². The number of rotatable bonds is 2. The number of aromatic amines is 1. The molecule has 1 saturated heterocycles. The highest BCUT2D eigenvalue weighted by Crippen LogP contribution is 2.54. The zero-order valence-electron chi connectivity index (χ0n) is 14.6. The smallest absolute Gasteiger partial charge is 0.272 e. The van der Waals surface area contributed by atoms with E-state index >= 15 is 0 Å². The summed E-state index contributed by atoms with van der Waals surface area (Å²) in [6, 6.07) is 18.9. The minimum absolute atomic E-state index is 0.0440. The molecule has 2 aromatic carbocycles. The summed E-state index contributed by atoms with van der Waals surface area (Å²) in [5.74, 6) is -0.187. The fourth-order valence-corrected chi connectivity index (χ4v) is 4.53. The number of carbonyl (C=O) groups is 2. The van der Waals surface area contributed by atoms with Crippen LogP contribution in [0.1, 0.15) is 34.1 Å². The minimum atomic E-state index is -0.784. The number of anilines is 1.